The number of carbonyl (C=O) groups is 1. The standard InChI is InChI=1S/C38H57BrO4/c1-3-5-7-9-11-12-13-15-17-37(39)42-35-26-18-31(19-27-35)32-20-28-36(29-21-32)43-38(40)33-22-24-34(25-23-33)41-30-16-14-10-8-6-4-2/h18-19,22-27,32,36-37H,3-17,20-21,28-30H2,1-2H3. The molecule has 0 bridgehead atoms. The van der Waals surface area contributed by atoms with Crippen molar-refractivity contribution in [1.29, 1.82) is 0 Å². The first kappa shape index (κ1) is 35.5. The van der Waals surface area contributed by atoms with Gasteiger partial charge in [-0.25, -0.2) is 4.79 Å². The van der Waals surface area contributed by atoms with E-state index in [4.69, 9.17) is 14.2 Å². The normalized spacial score (nSPS) is 17.4. The molecule has 0 spiro atoms. The summed E-state index contributed by atoms with van der Waals surface area (Å²) >= 11 is 3.71. The SMILES string of the molecule is CCCCCCCCCCC(Br)Oc1ccc(C2CCC(OC(=O)c3ccc(OCCCCCCCC)cc3)CC2)cc1. The van der Waals surface area contributed by atoms with Crippen molar-refractivity contribution in [2.24, 2.45) is 0 Å². The lowest BCUT2D eigenvalue weighted by Crippen LogP contribution is -2.24. The van der Waals surface area contributed by atoms with Gasteiger partial charge in [0.05, 0.1) is 12.2 Å². The van der Waals surface area contributed by atoms with Crippen LogP contribution in [0.2, 0.25) is 0 Å². The second-order valence-corrected chi connectivity index (χ2v) is 13.4. The molecule has 0 radical (unpaired) electrons. The van der Waals surface area contributed by atoms with Crippen molar-refractivity contribution >= 4 is 21.9 Å². The highest BCUT2D eigenvalue weighted by molar-refractivity contribution is 9.09. The summed E-state index contributed by atoms with van der Waals surface area (Å²) in [6.45, 7) is 5.23. The molecule has 0 aliphatic heterocycles. The number of alkyl halides is 1. The topological polar surface area (TPSA) is 44.8 Å². The summed E-state index contributed by atoms with van der Waals surface area (Å²) in [6, 6.07) is 16.0. The van der Waals surface area contributed by atoms with Crippen LogP contribution in [-0.4, -0.2) is 23.7 Å². The predicted octanol–water partition coefficient (Wildman–Crippen LogP) is 11.9. The Kier molecular flexibility index (Phi) is 17.9. The monoisotopic (exact) mass is 656 g/mol. The predicted molar refractivity (Wildman–Crippen MR) is 183 cm³/mol. The number of esters is 1. The molecule has 1 saturated carbocycles. The average molecular weight is 658 g/mol. The van der Waals surface area contributed by atoms with Crippen molar-refractivity contribution in [2.45, 2.75) is 153 Å². The van der Waals surface area contributed by atoms with Crippen molar-refractivity contribution in [1.82, 2.24) is 0 Å². The Morgan fingerprint density at radius 1 is 0.698 bits per heavy atom. The average Bonchev–Trinajstić information content (AvgIpc) is 3.03. The Hall–Kier alpha value is -2.01. The molecule has 0 saturated heterocycles. The van der Waals surface area contributed by atoms with E-state index in [9.17, 15) is 4.79 Å². The van der Waals surface area contributed by atoms with E-state index in [1.807, 2.05) is 24.3 Å². The first-order valence-corrected chi connectivity index (χ1v) is 18.3. The number of ether oxygens (including phenoxy) is 3. The number of carbonyl (C=O) groups excluding carboxylic acids is 1. The second kappa shape index (κ2) is 21.7. The Labute approximate surface area is 270 Å². The van der Waals surface area contributed by atoms with Crippen LogP contribution in [0.25, 0.3) is 0 Å². The molecule has 0 aromatic heterocycles. The number of rotatable bonds is 22. The van der Waals surface area contributed by atoms with Gasteiger partial charge in [0.1, 0.15) is 17.6 Å². The van der Waals surface area contributed by atoms with Crippen LogP contribution in [0.4, 0.5) is 0 Å². The van der Waals surface area contributed by atoms with Crippen LogP contribution in [0.5, 0.6) is 11.5 Å². The highest BCUT2D eigenvalue weighted by atomic mass is 79.9. The molecule has 1 fully saturated rings. The van der Waals surface area contributed by atoms with Crippen molar-refractivity contribution in [3.8, 4) is 11.5 Å². The van der Waals surface area contributed by atoms with Gasteiger partial charge in [-0.2, -0.15) is 0 Å². The first-order valence-electron chi connectivity index (χ1n) is 17.4. The molecular weight excluding hydrogens is 600 g/mol. The summed E-state index contributed by atoms with van der Waals surface area (Å²) in [5.41, 5.74) is 1.94. The number of hydrogen-bond donors (Lipinski definition) is 0. The van der Waals surface area contributed by atoms with Crippen LogP contribution >= 0.6 is 15.9 Å². The maximum absolute atomic E-state index is 12.8. The third-order valence-electron chi connectivity index (χ3n) is 8.70. The highest BCUT2D eigenvalue weighted by Gasteiger charge is 2.25. The lowest BCUT2D eigenvalue weighted by Gasteiger charge is -2.28. The maximum Gasteiger partial charge on any atom is 0.338 e. The zero-order valence-corrected chi connectivity index (χ0v) is 28.6. The lowest BCUT2D eigenvalue weighted by molar-refractivity contribution is 0.0195. The maximum atomic E-state index is 12.8. The van der Waals surface area contributed by atoms with Gasteiger partial charge in [-0.15, -0.1) is 0 Å². The summed E-state index contributed by atoms with van der Waals surface area (Å²) in [4.78, 5) is 12.8. The molecular formula is C38H57BrO4. The minimum atomic E-state index is -0.233. The molecule has 5 heteroatoms. The molecule has 1 atom stereocenters. The van der Waals surface area contributed by atoms with Crippen molar-refractivity contribution in [3.05, 3.63) is 59.7 Å². The van der Waals surface area contributed by atoms with Crippen molar-refractivity contribution in [3.63, 3.8) is 0 Å². The Balaban J connectivity index is 1.29. The lowest BCUT2D eigenvalue weighted by atomic mass is 9.83. The largest absolute Gasteiger partial charge is 0.494 e. The van der Waals surface area contributed by atoms with Gasteiger partial charge in [0.15, 0.2) is 5.01 Å². The Morgan fingerprint density at radius 3 is 1.84 bits per heavy atom. The number of benzene rings is 2. The molecule has 0 amide bonds. The smallest absolute Gasteiger partial charge is 0.338 e. The molecule has 1 unspecified atom stereocenters. The summed E-state index contributed by atoms with van der Waals surface area (Å²) in [7, 11) is 0. The minimum absolute atomic E-state index is 0.0134. The van der Waals surface area contributed by atoms with Crippen LogP contribution in [0.3, 0.4) is 0 Å². The van der Waals surface area contributed by atoms with Crippen molar-refractivity contribution in [2.75, 3.05) is 6.61 Å². The van der Waals surface area contributed by atoms with E-state index < -0.39 is 0 Å². The van der Waals surface area contributed by atoms with Crippen LogP contribution < -0.4 is 9.47 Å². The fourth-order valence-electron chi connectivity index (χ4n) is 5.96. The molecule has 2 aromatic rings. The van der Waals surface area contributed by atoms with E-state index in [-0.39, 0.29) is 17.1 Å². The number of halogens is 1. The van der Waals surface area contributed by atoms with Crippen LogP contribution in [-0.2, 0) is 4.74 Å². The fraction of sp³-hybridized carbons (Fsp3) is 0.658. The zero-order chi connectivity index (χ0) is 30.5. The summed E-state index contributed by atoms with van der Waals surface area (Å²) in [5.74, 6) is 2.01. The third-order valence-corrected chi connectivity index (χ3v) is 9.35. The van der Waals surface area contributed by atoms with Gasteiger partial charge in [0.2, 0.25) is 0 Å². The van der Waals surface area contributed by atoms with E-state index in [2.05, 4.69) is 54.0 Å². The van der Waals surface area contributed by atoms with Crippen LogP contribution in [0.1, 0.15) is 158 Å². The Bertz CT molecular complexity index is 982. The van der Waals surface area contributed by atoms with E-state index in [0.717, 1.165) is 56.6 Å². The highest BCUT2D eigenvalue weighted by Crippen LogP contribution is 2.35. The van der Waals surface area contributed by atoms with E-state index in [0.29, 0.717) is 11.5 Å². The van der Waals surface area contributed by atoms with Crippen LogP contribution in [0.15, 0.2) is 48.5 Å². The molecule has 0 heterocycles. The molecule has 2 aromatic carbocycles. The zero-order valence-electron chi connectivity index (χ0n) is 27.0. The fourth-order valence-corrected chi connectivity index (χ4v) is 6.50. The number of hydrogen-bond acceptors (Lipinski definition) is 4. The van der Waals surface area contributed by atoms with Gasteiger partial charge in [0, 0.05) is 0 Å². The van der Waals surface area contributed by atoms with Gasteiger partial charge in [0.25, 0.3) is 0 Å². The van der Waals surface area contributed by atoms with E-state index in [1.54, 1.807) is 0 Å². The van der Waals surface area contributed by atoms with Gasteiger partial charge in [-0.05, 0) is 109 Å². The summed E-state index contributed by atoms with van der Waals surface area (Å²) in [6.07, 6.45) is 23.0. The molecule has 0 N–H and O–H groups in total. The van der Waals surface area contributed by atoms with Gasteiger partial charge >= 0.3 is 5.97 Å². The molecule has 4 nitrogen and oxygen atoms in total. The molecule has 1 aliphatic carbocycles. The minimum Gasteiger partial charge on any atom is -0.494 e. The van der Waals surface area contributed by atoms with Gasteiger partial charge in [-0.1, -0.05) is 103 Å². The van der Waals surface area contributed by atoms with Gasteiger partial charge in [-0.3, -0.25) is 0 Å². The van der Waals surface area contributed by atoms with Crippen molar-refractivity contribution < 1.29 is 19.0 Å². The van der Waals surface area contributed by atoms with Crippen LogP contribution in [0, 0.1) is 0 Å². The van der Waals surface area contributed by atoms with E-state index in [1.165, 1.54) is 89.0 Å². The summed E-state index contributed by atoms with van der Waals surface area (Å²) < 4.78 is 17.8. The Morgan fingerprint density at radius 2 is 1.23 bits per heavy atom. The quantitative estimate of drug-likeness (QED) is 0.0718. The first-order chi connectivity index (χ1) is 21.1. The molecule has 240 valence electrons. The third kappa shape index (κ3) is 14.5. The molecule has 43 heavy (non-hydrogen) atoms. The molecule has 3 rings (SSSR count). The van der Waals surface area contributed by atoms with Gasteiger partial charge < -0.3 is 14.2 Å². The molecule has 1 aliphatic rings. The van der Waals surface area contributed by atoms with E-state index >= 15 is 0 Å². The second-order valence-electron chi connectivity index (χ2n) is 12.4. The number of unbranched alkanes of at least 4 members (excludes halogenated alkanes) is 12. The summed E-state index contributed by atoms with van der Waals surface area (Å²) in [5, 5.41) is 0.0670.